The Hall–Kier alpha value is -1.14. The van der Waals surface area contributed by atoms with Gasteiger partial charge in [-0.2, -0.15) is 0 Å². The monoisotopic (exact) mass is 244 g/mol. The third kappa shape index (κ3) is 5.65. The summed E-state index contributed by atoms with van der Waals surface area (Å²) in [5.74, 6) is -1.06. The summed E-state index contributed by atoms with van der Waals surface area (Å²) in [6.45, 7) is 2.12. The number of carboxylic acids is 1. The number of likely N-dealkylation sites (N-methyl/N-ethyl adjacent to an activating group) is 1. The maximum atomic E-state index is 11.6. The molecule has 0 spiro atoms. The van der Waals surface area contributed by atoms with Gasteiger partial charge in [-0.25, -0.2) is 0 Å². The zero-order valence-corrected chi connectivity index (χ0v) is 10.1. The molecule has 0 radical (unpaired) electrons. The van der Waals surface area contributed by atoms with E-state index in [2.05, 4.69) is 5.32 Å². The molecule has 0 aliphatic carbocycles. The molecule has 0 aromatic rings. The molecule has 98 valence electrons. The average Bonchev–Trinajstić information content (AvgIpc) is 2.34. The summed E-state index contributed by atoms with van der Waals surface area (Å²) in [5, 5.41) is 11.7. The standard InChI is InChI=1S/C11H20N2O4/c1-13(7-4-11(15)16)10(14)8-17-9-2-5-12-6-3-9/h9,12H,2-8H2,1H3,(H,15,16). The highest BCUT2D eigenvalue weighted by molar-refractivity contribution is 5.77. The fourth-order valence-electron chi connectivity index (χ4n) is 1.65. The molecule has 6 nitrogen and oxygen atoms in total. The number of hydrogen-bond donors (Lipinski definition) is 2. The third-order valence-electron chi connectivity index (χ3n) is 2.82. The largest absolute Gasteiger partial charge is 0.481 e. The second kappa shape index (κ2) is 7.24. The quantitative estimate of drug-likeness (QED) is 0.670. The molecule has 1 heterocycles. The minimum absolute atomic E-state index is 0.0322. The predicted octanol–water partition coefficient (Wildman–Crippen LogP) is -0.312. The molecular formula is C11H20N2O4. The van der Waals surface area contributed by atoms with Gasteiger partial charge in [-0.3, -0.25) is 9.59 Å². The fraction of sp³-hybridized carbons (Fsp3) is 0.818. The molecular weight excluding hydrogens is 224 g/mol. The van der Waals surface area contributed by atoms with Crippen molar-refractivity contribution in [3.8, 4) is 0 Å². The van der Waals surface area contributed by atoms with Crippen LogP contribution in [0.2, 0.25) is 0 Å². The normalized spacial score (nSPS) is 16.8. The van der Waals surface area contributed by atoms with E-state index >= 15 is 0 Å². The van der Waals surface area contributed by atoms with E-state index in [0.29, 0.717) is 0 Å². The summed E-state index contributed by atoms with van der Waals surface area (Å²) in [5.41, 5.74) is 0. The van der Waals surface area contributed by atoms with Crippen molar-refractivity contribution >= 4 is 11.9 Å². The lowest BCUT2D eigenvalue weighted by molar-refractivity contribution is -0.140. The molecule has 1 amide bonds. The number of carboxylic acid groups (broad SMARTS) is 1. The molecule has 1 saturated heterocycles. The van der Waals surface area contributed by atoms with Crippen molar-refractivity contribution in [3.63, 3.8) is 0 Å². The van der Waals surface area contributed by atoms with Crippen LogP contribution in [-0.4, -0.2) is 61.3 Å². The van der Waals surface area contributed by atoms with Crippen LogP contribution < -0.4 is 5.32 Å². The van der Waals surface area contributed by atoms with E-state index < -0.39 is 5.97 Å². The van der Waals surface area contributed by atoms with Crippen LogP contribution >= 0.6 is 0 Å². The fourth-order valence-corrected chi connectivity index (χ4v) is 1.65. The lowest BCUT2D eigenvalue weighted by Crippen LogP contribution is -2.37. The van der Waals surface area contributed by atoms with Crippen molar-refractivity contribution in [2.24, 2.45) is 0 Å². The number of carbonyl (C=O) groups is 2. The van der Waals surface area contributed by atoms with E-state index in [1.165, 1.54) is 4.90 Å². The Kier molecular flexibility index (Phi) is 5.93. The number of amides is 1. The highest BCUT2D eigenvalue weighted by Gasteiger charge is 2.16. The Morgan fingerprint density at radius 2 is 2.06 bits per heavy atom. The summed E-state index contributed by atoms with van der Waals surface area (Å²) >= 11 is 0. The predicted molar refractivity (Wildman–Crippen MR) is 61.7 cm³/mol. The molecule has 6 heteroatoms. The van der Waals surface area contributed by atoms with Crippen molar-refractivity contribution < 1.29 is 19.4 Å². The zero-order valence-electron chi connectivity index (χ0n) is 10.1. The van der Waals surface area contributed by atoms with Crippen LogP contribution in [0, 0.1) is 0 Å². The molecule has 0 aromatic heterocycles. The molecule has 1 fully saturated rings. The van der Waals surface area contributed by atoms with E-state index in [1.54, 1.807) is 7.05 Å². The molecule has 1 aliphatic heterocycles. The second-order valence-corrected chi connectivity index (χ2v) is 4.22. The van der Waals surface area contributed by atoms with E-state index in [1.807, 2.05) is 0 Å². The number of carbonyl (C=O) groups excluding carboxylic acids is 1. The first kappa shape index (κ1) is 13.9. The lowest BCUT2D eigenvalue weighted by Gasteiger charge is -2.24. The molecule has 0 saturated carbocycles. The average molecular weight is 244 g/mol. The Morgan fingerprint density at radius 1 is 1.41 bits per heavy atom. The molecule has 0 bridgehead atoms. The van der Waals surface area contributed by atoms with E-state index in [-0.39, 0.29) is 31.6 Å². The van der Waals surface area contributed by atoms with Gasteiger partial charge in [-0.15, -0.1) is 0 Å². The summed E-state index contributed by atoms with van der Waals surface area (Å²) in [6, 6.07) is 0. The van der Waals surface area contributed by atoms with Gasteiger partial charge in [0.25, 0.3) is 0 Å². The maximum Gasteiger partial charge on any atom is 0.305 e. The Labute approximate surface area is 101 Å². The van der Waals surface area contributed by atoms with E-state index in [9.17, 15) is 9.59 Å². The molecule has 17 heavy (non-hydrogen) atoms. The van der Waals surface area contributed by atoms with Crippen LogP contribution in [0.5, 0.6) is 0 Å². The summed E-state index contributed by atoms with van der Waals surface area (Å²) in [4.78, 5) is 23.3. The van der Waals surface area contributed by atoms with Crippen molar-refractivity contribution in [3.05, 3.63) is 0 Å². The summed E-state index contributed by atoms with van der Waals surface area (Å²) < 4.78 is 5.49. The number of nitrogens with zero attached hydrogens (tertiary/aromatic N) is 1. The zero-order chi connectivity index (χ0) is 12.7. The van der Waals surface area contributed by atoms with Gasteiger partial charge in [0.2, 0.25) is 5.91 Å². The highest BCUT2D eigenvalue weighted by Crippen LogP contribution is 2.07. The number of piperidine rings is 1. The van der Waals surface area contributed by atoms with Gasteiger partial charge in [-0.1, -0.05) is 0 Å². The number of hydrogen-bond acceptors (Lipinski definition) is 4. The summed E-state index contributed by atoms with van der Waals surface area (Å²) in [7, 11) is 1.59. The Bertz CT molecular complexity index is 264. The second-order valence-electron chi connectivity index (χ2n) is 4.22. The maximum absolute atomic E-state index is 11.6. The number of nitrogens with one attached hydrogen (secondary N) is 1. The third-order valence-corrected chi connectivity index (χ3v) is 2.82. The molecule has 0 atom stereocenters. The van der Waals surface area contributed by atoms with Crippen molar-refractivity contribution in [2.45, 2.75) is 25.4 Å². The molecule has 0 aromatic carbocycles. The van der Waals surface area contributed by atoms with Gasteiger partial charge in [0.1, 0.15) is 6.61 Å². The number of ether oxygens (including phenoxy) is 1. The van der Waals surface area contributed by atoms with Crippen molar-refractivity contribution in [2.75, 3.05) is 33.3 Å². The Balaban J connectivity index is 2.16. The van der Waals surface area contributed by atoms with Crippen molar-refractivity contribution in [1.29, 1.82) is 0 Å². The van der Waals surface area contributed by atoms with Gasteiger partial charge < -0.3 is 20.1 Å². The van der Waals surface area contributed by atoms with Crippen LogP contribution in [0.15, 0.2) is 0 Å². The van der Waals surface area contributed by atoms with Crippen LogP contribution in [-0.2, 0) is 14.3 Å². The highest BCUT2D eigenvalue weighted by atomic mass is 16.5. The molecule has 1 rings (SSSR count). The van der Waals surface area contributed by atoms with Gasteiger partial charge >= 0.3 is 5.97 Å². The summed E-state index contributed by atoms with van der Waals surface area (Å²) in [6.07, 6.45) is 1.96. The number of rotatable bonds is 6. The lowest BCUT2D eigenvalue weighted by atomic mass is 10.1. The van der Waals surface area contributed by atoms with E-state index in [0.717, 1.165) is 25.9 Å². The van der Waals surface area contributed by atoms with Gasteiger partial charge in [0.05, 0.1) is 12.5 Å². The topological polar surface area (TPSA) is 78.9 Å². The van der Waals surface area contributed by atoms with Gasteiger partial charge in [0, 0.05) is 13.6 Å². The van der Waals surface area contributed by atoms with Gasteiger partial charge in [0.15, 0.2) is 0 Å². The van der Waals surface area contributed by atoms with Crippen LogP contribution in [0.25, 0.3) is 0 Å². The SMILES string of the molecule is CN(CCC(=O)O)C(=O)COC1CCNCC1. The first-order chi connectivity index (χ1) is 8.09. The number of aliphatic carboxylic acids is 1. The van der Waals surface area contributed by atoms with Crippen molar-refractivity contribution in [1.82, 2.24) is 10.2 Å². The molecule has 2 N–H and O–H groups in total. The first-order valence-electron chi connectivity index (χ1n) is 5.87. The minimum atomic E-state index is -0.899. The van der Waals surface area contributed by atoms with Crippen LogP contribution in [0.3, 0.4) is 0 Å². The minimum Gasteiger partial charge on any atom is -0.481 e. The Morgan fingerprint density at radius 3 is 2.65 bits per heavy atom. The molecule has 0 unspecified atom stereocenters. The van der Waals surface area contributed by atoms with Crippen LogP contribution in [0.4, 0.5) is 0 Å². The smallest absolute Gasteiger partial charge is 0.305 e. The molecule has 1 aliphatic rings. The van der Waals surface area contributed by atoms with Gasteiger partial charge in [-0.05, 0) is 25.9 Å². The first-order valence-corrected chi connectivity index (χ1v) is 5.87. The van der Waals surface area contributed by atoms with E-state index in [4.69, 9.17) is 9.84 Å². The van der Waals surface area contributed by atoms with Crippen LogP contribution in [0.1, 0.15) is 19.3 Å².